The zero-order chi connectivity index (χ0) is 13.1. The fourth-order valence-electron chi connectivity index (χ4n) is 1.92. The summed E-state index contributed by atoms with van der Waals surface area (Å²) in [6.07, 6.45) is 0. The summed E-state index contributed by atoms with van der Waals surface area (Å²) in [5, 5.41) is 16.5. The number of benzene rings is 1. The van der Waals surface area contributed by atoms with Gasteiger partial charge in [0.2, 0.25) is 0 Å². The van der Waals surface area contributed by atoms with Gasteiger partial charge in [0.15, 0.2) is 0 Å². The third-order valence-electron chi connectivity index (χ3n) is 2.85. The van der Waals surface area contributed by atoms with Crippen molar-refractivity contribution in [1.29, 1.82) is 5.26 Å². The Balaban J connectivity index is 2.42. The van der Waals surface area contributed by atoms with Crippen molar-refractivity contribution in [2.75, 3.05) is 5.32 Å². The average molecular weight is 240 g/mol. The molecule has 0 bridgehead atoms. The second-order valence-corrected chi connectivity index (χ2v) is 4.29. The molecule has 1 aromatic carbocycles. The van der Waals surface area contributed by atoms with Gasteiger partial charge in [0.25, 0.3) is 0 Å². The molecule has 0 saturated heterocycles. The molecule has 0 saturated carbocycles. The van der Waals surface area contributed by atoms with Crippen molar-refractivity contribution in [1.82, 2.24) is 9.78 Å². The van der Waals surface area contributed by atoms with Crippen molar-refractivity contribution in [3.05, 3.63) is 41.7 Å². The molecule has 2 rings (SSSR count). The summed E-state index contributed by atoms with van der Waals surface area (Å²) in [5.41, 5.74) is 3.88. The number of hydrogen-bond donors (Lipinski definition) is 1. The monoisotopic (exact) mass is 240 g/mol. The van der Waals surface area contributed by atoms with Gasteiger partial charge in [-0.1, -0.05) is 18.2 Å². The summed E-state index contributed by atoms with van der Waals surface area (Å²) in [7, 11) is 0. The fourth-order valence-corrected chi connectivity index (χ4v) is 1.92. The highest BCUT2D eigenvalue weighted by Crippen LogP contribution is 2.23. The molecule has 2 aromatic rings. The predicted octanol–water partition coefficient (Wildman–Crippen LogP) is 2.81. The van der Waals surface area contributed by atoms with Crippen molar-refractivity contribution in [2.24, 2.45) is 0 Å². The van der Waals surface area contributed by atoms with Crippen molar-refractivity contribution in [3.8, 4) is 11.8 Å². The lowest BCUT2D eigenvalue weighted by Crippen LogP contribution is -2.13. The van der Waals surface area contributed by atoms with Gasteiger partial charge in [0.1, 0.15) is 6.04 Å². The van der Waals surface area contributed by atoms with E-state index in [4.69, 9.17) is 5.26 Å². The maximum atomic E-state index is 8.86. The molecule has 1 heterocycles. The first-order chi connectivity index (χ1) is 8.63. The Morgan fingerprint density at radius 2 is 1.94 bits per heavy atom. The van der Waals surface area contributed by atoms with Crippen molar-refractivity contribution >= 4 is 5.69 Å². The van der Waals surface area contributed by atoms with Gasteiger partial charge >= 0.3 is 0 Å². The largest absolute Gasteiger partial charge is 0.367 e. The van der Waals surface area contributed by atoms with Crippen LogP contribution in [0.2, 0.25) is 0 Å². The Kier molecular flexibility index (Phi) is 3.33. The second kappa shape index (κ2) is 4.92. The van der Waals surface area contributed by atoms with Crippen LogP contribution in [0.4, 0.5) is 5.69 Å². The first-order valence-electron chi connectivity index (χ1n) is 5.91. The van der Waals surface area contributed by atoms with E-state index in [1.165, 1.54) is 0 Å². The molecule has 1 unspecified atom stereocenters. The topological polar surface area (TPSA) is 53.6 Å². The van der Waals surface area contributed by atoms with Crippen LogP contribution < -0.4 is 5.32 Å². The van der Waals surface area contributed by atoms with Gasteiger partial charge < -0.3 is 5.32 Å². The summed E-state index contributed by atoms with van der Waals surface area (Å²) in [5.74, 6) is 0. The Hall–Kier alpha value is -2.28. The molecule has 0 spiro atoms. The highest BCUT2D eigenvalue weighted by atomic mass is 15.3. The van der Waals surface area contributed by atoms with E-state index in [1.54, 1.807) is 0 Å². The van der Waals surface area contributed by atoms with E-state index in [1.807, 2.05) is 55.8 Å². The normalized spacial score (nSPS) is 11.9. The first kappa shape index (κ1) is 12.2. The minimum Gasteiger partial charge on any atom is -0.367 e. The quantitative estimate of drug-likeness (QED) is 0.897. The summed E-state index contributed by atoms with van der Waals surface area (Å²) < 4.78 is 1.89. The summed E-state index contributed by atoms with van der Waals surface area (Å²) in [4.78, 5) is 0. The standard InChI is InChI=1S/C14H16N4/c1-10(9-15)16-14-11(2)17-18(12(14)3)13-7-5-4-6-8-13/h4-8,10,16H,1-3H3. The maximum absolute atomic E-state index is 8.86. The van der Waals surface area contributed by atoms with Crippen LogP contribution >= 0.6 is 0 Å². The molecule has 92 valence electrons. The summed E-state index contributed by atoms with van der Waals surface area (Å²) >= 11 is 0. The van der Waals surface area contributed by atoms with E-state index in [0.717, 1.165) is 22.8 Å². The van der Waals surface area contributed by atoms with Gasteiger partial charge in [-0.05, 0) is 32.9 Å². The van der Waals surface area contributed by atoms with Gasteiger partial charge in [-0.3, -0.25) is 0 Å². The lowest BCUT2D eigenvalue weighted by Gasteiger charge is -2.08. The second-order valence-electron chi connectivity index (χ2n) is 4.29. The Morgan fingerprint density at radius 1 is 1.28 bits per heavy atom. The third-order valence-corrected chi connectivity index (χ3v) is 2.85. The number of nitrogens with one attached hydrogen (secondary N) is 1. The van der Waals surface area contributed by atoms with Gasteiger partial charge in [-0.15, -0.1) is 0 Å². The molecule has 1 atom stereocenters. The van der Waals surface area contributed by atoms with Crippen LogP contribution in [-0.2, 0) is 0 Å². The number of nitriles is 1. The highest BCUT2D eigenvalue weighted by Gasteiger charge is 2.13. The summed E-state index contributed by atoms with van der Waals surface area (Å²) in [6.45, 7) is 5.77. The lowest BCUT2D eigenvalue weighted by atomic mass is 10.2. The van der Waals surface area contributed by atoms with Crippen LogP contribution in [0.3, 0.4) is 0 Å². The van der Waals surface area contributed by atoms with Crippen LogP contribution in [0.1, 0.15) is 18.3 Å². The van der Waals surface area contributed by atoms with Crippen LogP contribution in [-0.4, -0.2) is 15.8 Å². The predicted molar refractivity (Wildman–Crippen MR) is 71.7 cm³/mol. The average Bonchev–Trinajstić information content (AvgIpc) is 2.67. The highest BCUT2D eigenvalue weighted by molar-refractivity contribution is 5.55. The van der Waals surface area contributed by atoms with Crippen LogP contribution in [0.25, 0.3) is 5.69 Å². The maximum Gasteiger partial charge on any atom is 0.111 e. The fraction of sp³-hybridized carbons (Fsp3) is 0.286. The minimum atomic E-state index is -0.226. The zero-order valence-electron chi connectivity index (χ0n) is 10.8. The zero-order valence-corrected chi connectivity index (χ0v) is 10.8. The van der Waals surface area contributed by atoms with E-state index in [-0.39, 0.29) is 6.04 Å². The Bertz CT molecular complexity index is 578. The van der Waals surface area contributed by atoms with Crippen molar-refractivity contribution in [2.45, 2.75) is 26.8 Å². The SMILES string of the molecule is Cc1nn(-c2ccccc2)c(C)c1NC(C)C#N. The molecule has 0 aliphatic rings. The molecule has 0 fully saturated rings. The van der Waals surface area contributed by atoms with Gasteiger partial charge in [-0.25, -0.2) is 4.68 Å². The molecular weight excluding hydrogens is 224 g/mol. The molecule has 0 aliphatic carbocycles. The number of nitrogens with zero attached hydrogens (tertiary/aromatic N) is 3. The van der Waals surface area contributed by atoms with Crippen LogP contribution in [0.15, 0.2) is 30.3 Å². The van der Waals surface area contributed by atoms with Gasteiger partial charge in [0, 0.05) is 0 Å². The molecule has 1 N–H and O–H groups in total. The van der Waals surface area contributed by atoms with Gasteiger partial charge in [0.05, 0.1) is 28.8 Å². The number of aryl methyl sites for hydroxylation is 1. The number of aromatic nitrogens is 2. The Labute approximate surface area is 107 Å². The molecule has 0 amide bonds. The Morgan fingerprint density at radius 3 is 2.56 bits per heavy atom. The molecule has 1 aromatic heterocycles. The minimum absolute atomic E-state index is 0.226. The molecular formula is C14H16N4. The van der Waals surface area contributed by atoms with Gasteiger partial charge in [-0.2, -0.15) is 10.4 Å². The third kappa shape index (κ3) is 2.21. The first-order valence-corrected chi connectivity index (χ1v) is 5.91. The van der Waals surface area contributed by atoms with Crippen molar-refractivity contribution in [3.63, 3.8) is 0 Å². The number of hydrogen-bond acceptors (Lipinski definition) is 3. The van der Waals surface area contributed by atoms with E-state index in [2.05, 4.69) is 16.5 Å². The molecule has 18 heavy (non-hydrogen) atoms. The number of rotatable bonds is 3. The van der Waals surface area contributed by atoms with E-state index >= 15 is 0 Å². The molecule has 4 heteroatoms. The van der Waals surface area contributed by atoms with Crippen LogP contribution in [0, 0.1) is 25.2 Å². The number of para-hydroxylation sites is 1. The summed E-state index contributed by atoms with van der Waals surface area (Å²) in [6, 6.07) is 11.9. The molecule has 4 nitrogen and oxygen atoms in total. The smallest absolute Gasteiger partial charge is 0.111 e. The molecule has 0 radical (unpaired) electrons. The van der Waals surface area contributed by atoms with Crippen LogP contribution in [0.5, 0.6) is 0 Å². The lowest BCUT2D eigenvalue weighted by molar-refractivity contribution is 0.833. The van der Waals surface area contributed by atoms with Crippen molar-refractivity contribution < 1.29 is 0 Å². The van der Waals surface area contributed by atoms with E-state index < -0.39 is 0 Å². The molecule has 0 aliphatic heterocycles. The number of anilines is 1. The van der Waals surface area contributed by atoms with E-state index in [9.17, 15) is 0 Å². The van der Waals surface area contributed by atoms with E-state index in [0.29, 0.717) is 0 Å².